The Morgan fingerprint density at radius 1 is 0.706 bits per heavy atom. The molecule has 0 aromatic rings. The van der Waals surface area contributed by atoms with E-state index in [0.717, 1.165) is 32.1 Å². The van der Waals surface area contributed by atoms with Gasteiger partial charge < -0.3 is 0 Å². The summed E-state index contributed by atoms with van der Waals surface area (Å²) in [6.07, 6.45) is 4.62. The van der Waals surface area contributed by atoms with Crippen LogP contribution in [-0.4, -0.2) is 11.6 Å². The van der Waals surface area contributed by atoms with E-state index in [2.05, 4.69) is 0 Å². The Hall–Kier alpha value is -0.660. The molecule has 2 saturated carbocycles. The van der Waals surface area contributed by atoms with Crippen LogP contribution in [0.15, 0.2) is 0 Å². The monoisotopic (exact) mass is 240 g/mol. The Kier molecular flexibility index (Phi) is 6.08. The van der Waals surface area contributed by atoms with Gasteiger partial charge in [-0.15, -0.1) is 0 Å². The molecule has 2 nitrogen and oxygen atoms in total. The molecule has 0 aromatic heterocycles. The lowest BCUT2D eigenvalue weighted by atomic mass is 9.79. The van der Waals surface area contributed by atoms with Gasteiger partial charge in [-0.05, 0) is 46.0 Å². The summed E-state index contributed by atoms with van der Waals surface area (Å²) in [5.74, 6) is 0.598. The van der Waals surface area contributed by atoms with Crippen molar-refractivity contribution in [3.63, 3.8) is 0 Å². The molecule has 0 atom stereocenters. The van der Waals surface area contributed by atoms with Crippen LogP contribution in [0.25, 0.3) is 0 Å². The molecule has 2 heteroatoms. The highest BCUT2D eigenvalue weighted by atomic mass is 16.1. The van der Waals surface area contributed by atoms with E-state index in [0.29, 0.717) is 11.6 Å². The third-order valence-corrected chi connectivity index (χ3v) is 4.33. The van der Waals surface area contributed by atoms with Crippen LogP contribution in [0.1, 0.15) is 73.6 Å². The van der Waals surface area contributed by atoms with E-state index in [4.69, 9.17) is 0 Å². The standard InChI is InChI=1S/C11H16O2.2C2H6/c1-8(12)10-3-5-11(7-10,6-4-10)9(2)13;2*1-2/h3-7H2,1-2H3;2*1-2H3. The van der Waals surface area contributed by atoms with Gasteiger partial charge in [-0.3, -0.25) is 9.59 Å². The number of hydrogen-bond acceptors (Lipinski definition) is 2. The number of Topliss-reactive ketones (excluding diaryl/α,β-unsaturated/α-hetero) is 2. The van der Waals surface area contributed by atoms with Crippen LogP contribution in [0.3, 0.4) is 0 Å². The zero-order valence-electron chi connectivity index (χ0n) is 12.4. The number of carbonyl (C=O) groups is 2. The largest absolute Gasteiger partial charge is 0.299 e. The van der Waals surface area contributed by atoms with Crippen molar-refractivity contribution in [1.29, 1.82) is 0 Å². The SMILES string of the molecule is CC.CC.CC(=O)C12CCC(C(C)=O)(CC1)C2. The van der Waals surface area contributed by atoms with Gasteiger partial charge in [-0.1, -0.05) is 27.7 Å². The van der Waals surface area contributed by atoms with Crippen molar-refractivity contribution in [1.82, 2.24) is 0 Å². The summed E-state index contributed by atoms with van der Waals surface area (Å²) >= 11 is 0. The smallest absolute Gasteiger partial charge is 0.135 e. The fourth-order valence-corrected chi connectivity index (χ4v) is 3.16. The molecular weight excluding hydrogens is 212 g/mol. The van der Waals surface area contributed by atoms with Crippen LogP contribution in [0.2, 0.25) is 0 Å². The number of carbonyl (C=O) groups excluding carboxylic acids is 2. The zero-order valence-corrected chi connectivity index (χ0v) is 12.4. The topological polar surface area (TPSA) is 34.1 Å². The summed E-state index contributed by atoms with van der Waals surface area (Å²) in [5.41, 5.74) is -0.211. The summed E-state index contributed by atoms with van der Waals surface area (Å²) in [6.45, 7) is 11.4. The van der Waals surface area contributed by atoms with Gasteiger partial charge in [0.15, 0.2) is 0 Å². The first-order valence-electron chi connectivity index (χ1n) is 7.03. The Morgan fingerprint density at radius 2 is 0.941 bits per heavy atom. The van der Waals surface area contributed by atoms with Crippen molar-refractivity contribution in [3.8, 4) is 0 Å². The van der Waals surface area contributed by atoms with Crippen LogP contribution < -0.4 is 0 Å². The molecule has 0 amide bonds. The second-order valence-electron chi connectivity index (χ2n) is 4.85. The minimum Gasteiger partial charge on any atom is -0.299 e. The summed E-state index contributed by atoms with van der Waals surface area (Å²) in [7, 11) is 0. The highest BCUT2D eigenvalue weighted by Gasteiger charge is 2.58. The van der Waals surface area contributed by atoms with Crippen LogP contribution in [0, 0.1) is 10.8 Å². The third kappa shape index (κ3) is 2.78. The van der Waals surface area contributed by atoms with E-state index in [1.54, 1.807) is 13.8 Å². The van der Waals surface area contributed by atoms with Gasteiger partial charge in [0.2, 0.25) is 0 Å². The molecule has 0 unspecified atom stereocenters. The number of rotatable bonds is 2. The van der Waals surface area contributed by atoms with Crippen LogP contribution >= 0.6 is 0 Å². The molecule has 0 saturated heterocycles. The molecule has 100 valence electrons. The number of fused-ring (bicyclic) bond motifs is 2. The normalized spacial score (nSPS) is 33.1. The molecule has 0 N–H and O–H groups in total. The maximum absolute atomic E-state index is 11.5. The fourth-order valence-electron chi connectivity index (χ4n) is 3.16. The van der Waals surface area contributed by atoms with Crippen LogP contribution in [0.5, 0.6) is 0 Å². The number of ketones is 2. The molecule has 0 spiro atoms. The second-order valence-corrected chi connectivity index (χ2v) is 4.85. The van der Waals surface area contributed by atoms with E-state index in [1.165, 1.54) is 0 Å². The average Bonchev–Trinajstić information content (AvgIpc) is 2.93. The zero-order chi connectivity index (χ0) is 13.7. The van der Waals surface area contributed by atoms with Crippen molar-refractivity contribution < 1.29 is 9.59 Å². The minimum atomic E-state index is -0.105. The lowest BCUT2D eigenvalue weighted by Gasteiger charge is -2.24. The van der Waals surface area contributed by atoms with E-state index >= 15 is 0 Å². The van der Waals surface area contributed by atoms with Gasteiger partial charge in [0.05, 0.1) is 0 Å². The Bertz CT molecular complexity index is 243. The summed E-state index contributed by atoms with van der Waals surface area (Å²) < 4.78 is 0. The Balaban J connectivity index is 0.000000581. The number of hydrogen-bond donors (Lipinski definition) is 0. The maximum Gasteiger partial charge on any atom is 0.135 e. The average molecular weight is 240 g/mol. The third-order valence-electron chi connectivity index (χ3n) is 4.33. The van der Waals surface area contributed by atoms with Gasteiger partial charge in [0.25, 0.3) is 0 Å². The van der Waals surface area contributed by atoms with E-state index in [-0.39, 0.29) is 10.8 Å². The van der Waals surface area contributed by atoms with Crippen molar-refractivity contribution in [2.24, 2.45) is 10.8 Å². The first-order valence-corrected chi connectivity index (χ1v) is 7.03. The van der Waals surface area contributed by atoms with Gasteiger partial charge in [0, 0.05) is 10.8 Å². The molecular formula is C15H28O2. The minimum absolute atomic E-state index is 0.105. The highest BCUT2D eigenvalue weighted by Crippen LogP contribution is 2.62. The van der Waals surface area contributed by atoms with Crippen molar-refractivity contribution in [2.75, 3.05) is 0 Å². The lowest BCUT2D eigenvalue weighted by Crippen LogP contribution is -2.23. The molecule has 2 bridgehead atoms. The molecule has 2 aliphatic rings. The van der Waals surface area contributed by atoms with Crippen molar-refractivity contribution in [3.05, 3.63) is 0 Å². The Morgan fingerprint density at radius 3 is 1.06 bits per heavy atom. The maximum atomic E-state index is 11.5. The van der Waals surface area contributed by atoms with E-state index in [9.17, 15) is 9.59 Å². The molecule has 0 aromatic carbocycles. The van der Waals surface area contributed by atoms with Gasteiger partial charge >= 0.3 is 0 Å². The van der Waals surface area contributed by atoms with Crippen molar-refractivity contribution >= 4 is 11.6 Å². The molecule has 0 heterocycles. The molecule has 0 aliphatic heterocycles. The fraction of sp³-hybridized carbons (Fsp3) is 0.867. The predicted molar refractivity (Wildman–Crippen MR) is 72.0 cm³/mol. The molecule has 0 radical (unpaired) electrons. The molecule has 17 heavy (non-hydrogen) atoms. The van der Waals surface area contributed by atoms with E-state index < -0.39 is 0 Å². The first-order chi connectivity index (χ1) is 8.01. The van der Waals surface area contributed by atoms with Gasteiger partial charge in [-0.2, -0.15) is 0 Å². The lowest BCUT2D eigenvalue weighted by molar-refractivity contribution is -0.126. The quantitative estimate of drug-likeness (QED) is 0.726. The highest BCUT2D eigenvalue weighted by molar-refractivity contribution is 5.89. The van der Waals surface area contributed by atoms with Crippen molar-refractivity contribution in [2.45, 2.75) is 73.6 Å². The molecule has 2 fully saturated rings. The molecule has 2 rings (SSSR count). The van der Waals surface area contributed by atoms with Crippen LogP contribution in [0.4, 0.5) is 0 Å². The summed E-state index contributed by atoms with van der Waals surface area (Å²) in [5, 5.41) is 0. The predicted octanol–water partition coefficient (Wildman–Crippen LogP) is 4.17. The van der Waals surface area contributed by atoms with Gasteiger partial charge in [0.1, 0.15) is 11.6 Å². The van der Waals surface area contributed by atoms with E-state index in [1.807, 2.05) is 27.7 Å². The first kappa shape index (κ1) is 16.3. The summed E-state index contributed by atoms with van der Waals surface area (Å²) in [4.78, 5) is 23.0. The van der Waals surface area contributed by atoms with Crippen LogP contribution in [-0.2, 0) is 9.59 Å². The summed E-state index contributed by atoms with van der Waals surface area (Å²) in [6, 6.07) is 0. The Labute approximate surface area is 106 Å². The van der Waals surface area contributed by atoms with Gasteiger partial charge in [-0.25, -0.2) is 0 Å². The molecule has 2 aliphatic carbocycles. The second kappa shape index (κ2) is 6.32.